The first-order valence-corrected chi connectivity index (χ1v) is 9.11. The zero-order valence-electron chi connectivity index (χ0n) is 16.3. The molecular weight excluding hydrogens is 374 g/mol. The third kappa shape index (κ3) is 6.32. The lowest BCUT2D eigenvalue weighted by atomic mass is 9.93. The highest BCUT2D eigenvalue weighted by molar-refractivity contribution is 5.93. The standard InChI is InChI=1S/C21H25N3O5/c1-22-21(27)18(12-14-8-10-16(29-2)11-9-14)23-20(26)17(13-19(25)24-28)15-6-4-3-5-7-15/h3-11,17-18,28H,12-13H2,1-2H3,(H,22,27)(H,23,26)(H,24,25)/t17?,18-/m0/s1. The van der Waals surface area contributed by atoms with Crippen molar-refractivity contribution in [2.75, 3.05) is 14.2 Å². The van der Waals surface area contributed by atoms with E-state index in [0.717, 1.165) is 5.56 Å². The summed E-state index contributed by atoms with van der Waals surface area (Å²) in [5, 5.41) is 14.1. The molecule has 2 aromatic carbocycles. The number of rotatable bonds is 9. The zero-order chi connectivity index (χ0) is 21.2. The summed E-state index contributed by atoms with van der Waals surface area (Å²) < 4.78 is 5.13. The molecule has 0 fully saturated rings. The molecule has 0 heterocycles. The maximum atomic E-state index is 12.9. The van der Waals surface area contributed by atoms with E-state index in [1.54, 1.807) is 55.1 Å². The molecule has 0 radical (unpaired) electrons. The molecule has 0 aliphatic rings. The first-order chi connectivity index (χ1) is 14.0. The summed E-state index contributed by atoms with van der Waals surface area (Å²) in [5.74, 6) is -1.70. The number of amides is 3. The maximum absolute atomic E-state index is 12.9. The molecule has 2 atom stereocenters. The molecule has 0 aromatic heterocycles. The van der Waals surface area contributed by atoms with Crippen LogP contribution in [0.15, 0.2) is 54.6 Å². The summed E-state index contributed by atoms with van der Waals surface area (Å²) in [6.45, 7) is 0. The molecule has 154 valence electrons. The summed E-state index contributed by atoms with van der Waals surface area (Å²) in [6.07, 6.45) is 0.0124. The Kier molecular flexibility index (Phi) is 8.17. The summed E-state index contributed by atoms with van der Waals surface area (Å²) >= 11 is 0. The van der Waals surface area contributed by atoms with Gasteiger partial charge in [0.2, 0.25) is 17.7 Å². The molecule has 8 nitrogen and oxygen atoms in total. The molecule has 0 aliphatic heterocycles. The Labute approximate surface area is 169 Å². The van der Waals surface area contributed by atoms with Crippen LogP contribution in [0.25, 0.3) is 0 Å². The van der Waals surface area contributed by atoms with Gasteiger partial charge in [-0.3, -0.25) is 19.6 Å². The van der Waals surface area contributed by atoms with Gasteiger partial charge < -0.3 is 15.4 Å². The molecule has 0 spiro atoms. The molecule has 0 saturated heterocycles. The van der Waals surface area contributed by atoms with E-state index < -0.39 is 23.8 Å². The number of benzene rings is 2. The van der Waals surface area contributed by atoms with Crippen molar-refractivity contribution in [1.82, 2.24) is 16.1 Å². The highest BCUT2D eigenvalue weighted by atomic mass is 16.5. The number of hydroxylamine groups is 1. The second-order valence-electron chi connectivity index (χ2n) is 6.43. The Morgan fingerprint density at radius 2 is 1.66 bits per heavy atom. The Morgan fingerprint density at radius 1 is 1.00 bits per heavy atom. The van der Waals surface area contributed by atoms with Crippen LogP contribution in [-0.2, 0) is 20.8 Å². The first kappa shape index (κ1) is 21.9. The maximum Gasteiger partial charge on any atom is 0.244 e. The van der Waals surface area contributed by atoms with Crippen molar-refractivity contribution in [2.45, 2.75) is 24.8 Å². The van der Waals surface area contributed by atoms with Gasteiger partial charge in [-0.2, -0.15) is 0 Å². The minimum Gasteiger partial charge on any atom is -0.497 e. The molecular formula is C21H25N3O5. The number of nitrogens with one attached hydrogen (secondary N) is 3. The minimum absolute atomic E-state index is 0.255. The average Bonchev–Trinajstić information content (AvgIpc) is 2.77. The molecule has 1 unspecified atom stereocenters. The lowest BCUT2D eigenvalue weighted by Gasteiger charge is -2.22. The number of hydrogen-bond acceptors (Lipinski definition) is 5. The predicted octanol–water partition coefficient (Wildman–Crippen LogP) is 1.15. The van der Waals surface area contributed by atoms with Crippen LogP contribution >= 0.6 is 0 Å². The van der Waals surface area contributed by atoms with Gasteiger partial charge in [0.15, 0.2) is 0 Å². The summed E-state index contributed by atoms with van der Waals surface area (Å²) in [7, 11) is 3.05. The van der Waals surface area contributed by atoms with Crippen molar-refractivity contribution in [3.8, 4) is 5.75 Å². The number of methoxy groups -OCH3 is 1. The van der Waals surface area contributed by atoms with Crippen molar-refractivity contribution in [3.63, 3.8) is 0 Å². The third-order valence-corrected chi connectivity index (χ3v) is 4.51. The molecule has 2 aromatic rings. The Bertz CT molecular complexity index is 824. The number of hydrogen-bond donors (Lipinski definition) is 4. The molecule has 0 saturated carbocycles. The van der Waals surface area contributed by atoms with Crippen LogP contribution in [-0.4, -0.2) is 43.1 Å². The lowest BCUT2D eigenvalue weighted by molar-refractivity contribution is -0.134. The van der Waals surface area contributed by atoms with Crippen LogP contribution in [0.5, 0.6) is 5.75 Å². The quantitative estimate of drug-likeness (QED) is 0.373. The second-order valence-corrected chi connectivity index (χ2v) is 6.43. The van der Waals surface area contributed by atoms with Gasteiger partial charge in [0.05, 0.1) is 13.0 Å². The van der Waals surface area contributed by atoms with Crippen LogP contribution in [0.1, 0.15) is 23.5 Å². The first-order valence-electron chi connectivity index (χ1n) is 9.11. The van der Waals surface area contributed by atoms with E-state index >= 15 is 0 Å². The van der Waals surface area contributed by atoms with Crippen LogP contribution in [0.2, 0.25) is 0 Å². The lowest BCUT2D eigenvalue weighted by Crippen LogP contribution is -2.48. The monoisotopic (exact) mass is 399 g/mol. The Hall–Kier alpha value is -3.39. The van der Waals surface area contributed by atoms with Gasteiger partial charge in [0.1, 0.15) is 11.8 Å². The van der Waals surface area contributed by atoms with Gasteiger partial charge in [0.25, 0.3) is 0 Å². The van der Waals surface area contributed by atoms with Gasteiger partial charge in [-0.25, -0.2) is 5.48 Å². The number of ether oxygens (including phenoxy) is 1. The highest BCUT2D eigenvalue weighted by Gasteiger charge is 2.28. The molecule has 4 N–H and O–H groups in total. The molecule has 8 heteroatoms. The normalized spacial score (nSPS) is 12.4. The van der Waals surface area contributed by atoms with E-state index in [-0.39, 0.29) is 18.7 Å². The third-order valence-electron chi connectivity index (χ3n) is 4.51. The fourth-order valence-corrected chi connectivity index (χ4v) is 2.93. The van der Waals surface area contributed by atoms with E-state index in [4.69, 9.17) is 9.94 Å². The summed E-state index contributed by atoms with van der Waals surface area (Å²) in [5.41, 5.74) is 2.99. The van der Waals surface area contributed by atoms with Gasteiger partial charge in [0, 0.05) is 19.9 Å². The number of carbonyl (C=O) groups is 3. The average molecular weight is 399 g/mol. The largest absolute Gasteiger partial charge is 0.497 e. The van der Waals surface area contributed by atoms with Crippen LogP contribution in [0, 0.1) is 0 Å². The molecule has 3 amide bonds. The zero-order valence-corrected chi connectivity index (χ0v) is 16.3. The van der Waals surface area contributed by atoms with Crippen LogP contribution < -0.4 is 20.9 Å². The van der Waals surface area contributed by atoms with Gasteiger partial charge >= 0.3 is 0 Å². The van der Waals surface area contributed by atoms with E-state index in [2.05, 4.69) is 10.6 Å². The fourth-order valence-electron chi connectivity index (χ4n) is 2.93. The van der Waals surface area contributed by atoms with Crippen LogP contribution in [0.4, 0.5) is 0 Å². The number of carbonyl (C=O) groups excluding carboxylic acids is 3. The summed E-state index contributed by atoms with van der Waals surface area (Å²) in [4.78, 5) is 37.0. The van der Waals surface area contributed by atoms with E-state index in [0.29, 0.717) is 11.3 Å². The topological polar surface area (TPSA) is 117 Å². The predicted molar refractivity (Wildman–Crippen MR) is 106 cm³/mol. The van der Waals surface area contributed by atoms with Crippen molar-refractivity contribution < 1.29 is 24.3 Å². The summed E-state index contributed by atoms with van der Waals surface area (Å²) in [6, 6.07) is 15.1. The van der Waals surface area contributed by atoms with Gasteiger partial charge in [-0.15, -0.1) is 0 Å². The van der Waals surface area contributed by atoms with E-state index in [1.165, 1.54) is 7.05 Å². The minimum atomic E-state index is -0.855. The SMILES string of the molecule is CNC(=O)[C@H](Cc1ccc(OC)cc1)NC(=O)C(CC(=O)NO)c1ccccc1. The smallest absolute Gasteiger partial charge is 0.244 e. The van der Waals surface area contributed by atoms with E-state index in [1.807, 2.05) is 12.1 Å². The Balaban J connectivity index is 2.20. The molecule has 29 heavy (non-hydrogen) atoms. The molecule has 0 aliphatic carbocycles. The highest BCUT2D eigenvalue weighted by Crippen LogP contribution is 2.20. The van der Waals surface area contributed by atoms with Crippen LogP contribution in [0.3, 0.4) is 0 Å². The van der Waals surface area contributed by atoms with Crippen molar-refractivity contribution in [3.05, 3.63) is 65.7 Å². The van der Waals surface area contributed by atoms with E-state index in [9.17, 15) is 14.4 Å². The second kappa shape index (κ2) is 10.8. The van der Waals surface area contributed by atoms with Crippen molar-refractivity contribution >= 4 is 17.7 Å². The van der Waals surface area contributed by atoms with Gasteiger partial charge in [-0.1, -0.05) is 42.5 Å². The Morgan fingerprint density at radius 3 is 2.21 bits per heavy atom. The molecule has 0 bridgehead atoms. The number of likely N-dealkylation sites (N-methyl/N-ethyl adjacent to an activating group) is 1. The molecule has 2 rings (SSSR count). The van der Waals surface area contributed by atoms with Gasteiger partial charge in [-0.05, 0) is 23.3 Å². The van der Waals surface area contributed by atoms with Crippen molar-refractivity contribution in [2.24, 2.45) is 0 Å². The van der Waals surface area contributed by atoms with Crippen molar-refractivity contribution in [1.29, 1.82) is 0 Å². The fraction of sp³-hybridized carbons (Fsp3) is 0.286.